The van der Waals surface area contributed by atoms with E-state index in [1.807, 2.05) is 26.0 Å². The number of thiocarbonyl (C=S) groups is 1. The minimum absolute atomic E-state index is 0.105. The van der Waals surface area contributed by atoms with Gasteiger partial charge in [0.1, 0.15) is 4.99 Å². The molecule has 5 heteroatoms. The minimum Gasteiger partial charge on any atom is -0.389 e. The number of carbonyl (C=O) groups is 1. The highest BCUT2D eigenvalue weighted by Gasteiger charge is 2.10. The van der Waals surface area contributed by atoms with E-state index in [4.69, 9.17) is 22.7 Å². The molecule has 98 valence electrons. The monoisotopic (exact) mass is 266 g/mol. The number of anilines is 1. The lowest BCUT2D eigenvalue weighted by Crippen LogP contribution is -2.19. The number of ether oxygens (including phenoxy) is 1. The molecule has 18 heavy (non-hydrogen) atoms. The fourth-order valence-electron chi connectivity index (χ4n) is 1.62. The van der Waals surface area contributed by atoms with Gasteiger partial charge >= 0.3 is 0 Å². The topological polar surface area (TPSA) is 64.3 Å². The largest absolute Gasteiger partial charge is 0.389 e. The van der Waals surface area contributed by atoms with E-state index in [2.05, 4.69) is 5.32 Å². The van der Waals surface area contributed by atoms with Crippen molar-refractivity contribution in [1.29, 1.82) is 0 Å². The van der Waals surface area contributed by atoms with Crippen LogP contribution in [0.25, 0.3) is 0 Å². The van der Waals surface area contributed by atoms with Gasteiger partial charge in [-0.15, -0.1) is 0 Å². The quantitative estimate of drug-likeness (QED) is 0.610. The van der Waals surface area contributed by atoms with Gasteiger partial charge in [0.05, 0.1) is 18.7 Å². The first kappa shape index (κ1) is 14.6. The minimum atomic E-state index is -0.105. The maximum Gasteiger partial charge on any atom is 0.226 e. The summed E-state index contributed by atoms with van der Waals surface area (Å²) in [5.74, 6) is -0.105. The summed E-state index contributed by atoms with van der Waals surface area (Å²) >= 11 is 5.00. The Morgan fingerprint density at radius 3 is 2.83 bits per heavy atom. The third-order valence-corrected chi connectivity index (χ3v) is 2.67. The average Bonchev–Trinajstić information content (AvgIpc) is 2.28. The molecular formula is C13H18N2O2S. The number of amides is 1. The summed E-state index contributed by atoms with van der Waals surface area (Å²) in [6, 6.07) is 5.56. The summed E-state index contributed by atoms with van der Waals surface area (Å²) in [5, 5.41) is 2.81. The van der Waals surface area contributed by atoms with Gasteiger partial charge in [-0.2, -0.15) is 0 Å². The van der Waals surface area contributed by atoms with Crippen molar-refractivity contribution in [3.05, 3.63) is 29.3 Å². The van der Waals surface area contributed by atoms with E-state index in [1.54, 1.807) is 6.07 Å². The number of rotatable bonds is 6. The molecule has 0 spiro atoms. The molecule has 1 amide bonds. The SMILES string of the molecule is CCOCCC(=O)Nc1cccc(C)c1C(N)=S. The van der Waals surface area contributed by atoms with Gasteiger partial charge in [-0.25, -0.2) is 0 Å². The summed E-state index contributed by atoms with van der Waals surface area (Å²) in [6.07, 6.45) is 0.318. The molecule has 0 atom stereocenters. The van der Waals surface area contributed by atoms with Crippen molar-refractivity contribution < 1.29 is 9.53 Å². The molecule has 3 N–H and O–H groups in total. The first-order valence-corrected chi connectivity index (χ1v) is 6.24. The van der Waals surface area contributed by atoms with Crippen LogP contribution in [0.2, 0.25) is 0 Å². The zero-order chi connectivity index (χ0) is 13.5. The number of hydrogen-bond donors (Lipinski definition) is 2. The standard InChI is InChI=1S/C13H18N2O2S/c1-3-17-8-7-11(16)15-10-6-4-5-9(2)12(10)13(14)18/h4-6H,3,7-8H2,1-2H3,(H2,14,18)(H,15,16). The van der Waals surface area contributed by atoms with Crippen molar-refractivity contribution >= 4 is 28.8 Å². The molecule has 0 saturated carbocycles. The van der Waals surface area contributed by atoms with Gasteiger partial charge < -0.3 is 15.8 Å². The number of benzene rings is 1. The van der Waals surface area contributed by atoms with E-state index in [0.717, 1.165) is 11.1 Å². The third-order valence-electron chi connectivity index (χ3n) is 2.47. The average molecular weight is 266 g/mol. The van der Waals surface area contributed by atoms with Crippen LogP contribution in [0.1, 0.15) is 24.5 Å². The Labute approximate surface area is 113 Å². The Hall–Kier alpha value is -1.46. The number of aryl methyl sites for hydroxylation is 1. The predicted molar refractivity (Wildman–Crippen MR) is 76.8 cm³/mol. The molecule has 1 rings (SSSR count). The molecule has 1 aromatic rings. The highest BCUT2D eigenvalue weighted by Crippen LogP contribution is 2.19. The van der Waals surface area contributed by atoms with Crippen LogP contribution in [0.15, 0.2) is 18.2 Å². The van der Waals surface area contributed by atoms with Crippen molar-refractivity contribution in [2.24, 2.45) is 5.73 Å². The number of nitrogens with one attached hydrogen (secondary N) is 1. The molecule has 0 aliphatic rings. The van der Waals surface area contributed by atoms with Gasteiger partial charge in [-0.05, 0) is 25.5 Å². The normalized spacial score (nSPS) is 10.1. The molecule has 0 unspecified atom stereocenters. The Kier molecular flexibility index (Phi) is 5.74. The van der Waals surface area contributed by atoms with Crippen LogP contribution < -0.4 is 11.1 Å². The number of hydrogen-bond acceptors (Lipinski definition) is 3. The molecular weight excluding hydrogens is 248 g/mol. The molecule has 0 fully saturated rings. The molecule has 1 aromatic carbocycles. The van der Waals surface area contributed by atoms with Crippen LogP contribution in [-0.4, -0.2) is 24.1 Å². The fourth-order valence-corrected chi connectivity index (χ4v) is 1.89. The highest BCUT2D eigenvalue weighted by atomic mass is 32.1. The summed E-state index contributed by atoms with van der Waals surface area (Å²) in [4.78, 5) is 12.0. The number of carbonyl (C=O) groups excluding carboxylic acids is 1. The Morgan fingerprint density at radius 2 is 2.22 bits per heavy atom. The van der Waals surface area contributed by atoms with E-state index in [0.29, 0.717) is 25.3 Å². The lowest BCUT2D eigenvalue weighted by Gasteiger charge is -2.12. The van der Waals surface area contributed by atoms with Crippen LogP contribution in [0, 0.1) is 6.92 Å². The smallest absolute Gasteiger partial charge is 0.226 e. The van der Waals surface area contributed by atoms with E-state index < -0.39 is 0 Å². The van der Waals surface area contributed by atoms with Crippen molar-refractivity contribution in [1.82, 2.24) is 0 Å². The second-order valence-corrected chi connectivity index (χ2v) is 4.30. The predicted octanol–water partition coefficient (Wildman–Crippen LogP) is 1.99. The van der Waals surface area contributed by atoms with Crippen molar-refractivity contribution in [3.8, 4) is 0 Å². The number of nitrogens with two attached hydrogens (primary N) is 1. The van der Waals surface area contributed by atoms with Gasteiger partial charge in [0.25, 0.3) is 0 Å². The summed E-state index contributed by atoms with van der Waals surface area (Å²) in [6.45, 7) is 4.82. The lowest BCUT2D eigenvalue weighted by atomic mass is 10.1. The van der Waals surface area contributed by atoms with Crippen LogP contribution in [-0.2, 0) is 9.53 Å². The fraction of sp³-hybridized carbons (Fsp3) is 0.385. The Bertz CT molecular complexity index is 447. The molecule has 0 radical (unpaired) electrons. The zero-order valence-electron chi connectivity index (χ0n) is 10.7. The van der Waals surface area contributed by atoms with Crippen molar-refractivity contribution in [2.45, 2.75) is 20.3 Å². The summed E-state index contributed by atoms with van der Waals surface area (Å²) in [7, 11) is 0. The summed E-state index contributed by atoms with van der Waals surface area (Å²) < 4.78 is 5.13. The molecule has 0 aliphatic heterocycles. The second kappa shape index (κ2) is 7.08. The first-order valence-electron chi connectivity index (χ1n) is 5.83. The van der Waals surface area contributed by atoms with E-state index in [1.165, 1.54) is 0 Å². The van der Waals surface area contributed by atoms with Gasteiger partial charge in [0, 0.05) is 12.2 Å². The van der Waals surface area contributed by atoms with E-state index in [-0.39, 0.29) is 10.9 Å². The van der Waals surface area contributed by atoms with Gasteiger partial charge in [-0.1, -0.05) is 24.4 Å². The molecule has 0 heterocycles. The van der Waals surface area contributed by atoms with Gasteiger partial charge in [0.2, 0.25) is 5.91 Å². The van der Waals surface area contributed by atoms with Gasteiger partial charge in [0.15, 0.2) is 0 Å². The zero-order valence-corrected chi connectivity index (χ0v) is 11.5. The maximum absolute atomic E-state index is 11.7. The molecule has 0 aromatic heterocycles. The molecule has 0 aliphatic carbocycles. The molecule has 0 bridgehead atoms. The van der Waals surface area contributed by atoms with Crippen LogP contribution >= 0.6 is 12.2 Å². The van der Waals surface area contributed by atoms with Crippen molar-refractivity contribution in [3.63, 3.8) is 0 Å². The second-order valence-electron chi connectivity index (χ2n) is 3.86. The van der Waals surface area contributed by atoms with Gasteiger partial charge in [-0.3, -0.25) is 4.79 Å². The van der Waals surface area contributed by atoms with E-state index >= 15 is 0 Å². The Morgan fingerprint density at radius 1 is 1.50 bits per heavy atom. The third kappa shape index (κ3) is 4.09. The van der Waals surface area contributed by atoms with Crippen LogP contribution in [0.5, 0.6) is 0 Å². The van der Waals surface area contributed by atoms with Crippen LogP contribution in [0.4, 0.5) is 5.69 Å². The Balaban J connectivity index is 2.75. The highest BCUT2D eigenvalue weighted by molar-refractivity contribution is 7.80. The lowest BCUT2D eigenvalue weighted by molar-refractivity contribution is -0.117. The first-order chi connectivity index (χ1) is 8.56. The maximum atomic E-state index is 11.7. The van der Waals surface area contributed by atoms with Crippen molar-refractivity contribution in [2.75, 3.05) is 18.5 Å². The van der Waals surface area contributed by atoms with E-state index in [9.17, 15) is 4.79 Å². The molecule has 4 nitrogen and oxygen atoms in total. The molecule has 0 saturated heterocycles. The summed E-state index contributed by atoms with van der Waals surface area (Å²) in [5.41, 5.74) is 7.99. The van der Waals surface area contributed by atoms with Crippen LogP contribution in [0.3, 0.4) is 0 Å².